The van der Waals surface area contributed by atoms with Gasteiger partial charge in [-0.05, 0) is 44.1 Å². The van der Waals surface area contributed by atoms with E-state index in [0.717, 1.165) is 58.4 Å². The van der Waals surface area contributed by atoms with Crippen molar-refractivity contribution < 1.29 is 32.7 Å². The van der Waals surface area contributed by atoms with Crippen molar-refractivity contribution in [1.82, 2.24) is 15.1 Å². The summed E-state index contributed by atoms with van der Waals surface area (Å²) in [6.07, 6.45) is -0.187. The molecule has 1 aliphatic carbocycles. The summed E-state index contributed by atoms with van der Waals surface area (Å²) in [5, 5.41) is 10.5. The number of amides is 2. The molecule has 5 rings (SSSR count). The molecule has 2 amide bonds. The van der Waals surface area contributed by atoms with Crippen LogP contribution in [-0.4, -0.2) is 77.1 Å². The van der Waals surface area contributed by atoms with Gasteiger partial charge in [-0.1, -0.05) is 50.1 Å². The molecule has 10 heteroatoms. The molecule has 3 heterocycles. The summed E-state index contributed by atoms with van der Waals surface area (Å²) in [5.74, 6) is -1.00. The van der Waals surface area contributed by atoms with E-state index >= 15 is 0 Å². The largest absolute Gasteiger partial charge is 0.490 e. The number of benzene rings is 1. The molecular weight excluding hydrogens is 499 g/mol. The third-order valence-electron chi connectivity index (χ3n) is 9.03. The standard InChI is InChI=1S/C26H37N3O2.C2HF3O2/c1-4-18(2)15-28-16-21-22(17-28)26(27-23(21)30)11-13-29(14-12-26)24(31)25(9-10-25)20-7-5-19(3)6-8-20;3-2(4,5)1(6)7/h5-8,18,21-22H,4,9-17H2,1-3H3,(H,27,30);(H,6,7)/t18?,21-,22+;/m1./s1. The molecule has 0 bridgehead atoms. The third kappa shape index (κ3) is 5.55. The number of likely N-dealkylation sites (tertiary alicyclic amines) is 2. The highest BCUT2D eigenvalue weighted by Gasteiger charge is 2.59. The van der Waals surface area contributed by atoms with Crippen LogP contribution in [0.15, 0.2) is 24.3 Å². The lowest BCUT2D eigenvalue weighted by atomic mass is 9.75. The molecule has 1 aromatic carbocycles. The van der Waals surface area contributed by atoms with Gasteiger partial charge in [0.1, 0.15) is 0 Å². The first-order chi connectivity index (χ1) is 17.8. The van der Waals surface area contributed by atoms with E-state index in [0.29, 0.717) is 17.7 Å². The zero-order chi connectivity index (χ0) is 27.9. The quantitative estimate of drug-likeness (QED) is 0.597. The van der Waals surface area contributed by atoms with Crippen LogP contribution in [0.1, 0.15) is 57.1 Å². The van der Waals surface area contributed by atoms with Crippen LogP contribution >= 0.6 is 0 Å². The van der Waals surface area contributed by atoms with Crippen molar-refractivity contribution in [1.29, 1.82) is 0 Å². The van der Waals surface area contributed by atoms with E-state index in [1.807, 2.05) is 0 Å². The third-order valence-corrected chi connectivity index (χ3v) is 9.03. The highest BCUT2D eigenvalue weighted by molar-refractivity contribution is 5.91. The first-order valence-electron chi connectivity index (χ1n) is 13.5. The predicted molar refractivity (Wildman–Crippen MR) is 135 cm³/mol. The number of nitrogens with zero attached hydrogens (tertiary/aromatic N) is 2. The summed E-state index contributed by atoms with van der Waals surface area (Å²) in [7, 11) is 0. The monoisotopic (exact) mass is 537 g/mol. The number of hydrogen-bond acceptors (Lipinski definition) is 4. The molecule has 0 aromatic heterocycles. The summed E-state index contributed by atoms with van der Waals surface area (Å²) < 4.78 is 31.7. The summed E-state index contributed by atoms with van der Waals surface area (Å²) in [6, 6.07) is 8.51. The SMILES string of the molecule is CCC(C)CN1C[C@H]2C(=O)NC3(CCN(C(=O)C4(c5ccc(C)cc5)CC4)CC3)[C@H]2C1.O=C(O)C(F)(F)F. The fourth-order valence-corrected chi connectivity index (χ4v) is 6.39. The van der Waals surface area contributed by atoms with Crippen molar-refractivity contribution in [2.24, 2.45) is 17.8 Å². The van der Waals surface area contributed by atoms with Gasteiger partial charge in [-0.2, -0.15) is 13.2 Å². The number of carboxylic acid groups (broad SMARTS) is 1. The van der Waals surface area contributed by atoms with Crippen molar-refractivity contribution in [3.8, 4) is 0 Å². The van der Waals surface area contributed by atoms with Crippen LogP contribution < -0.4 is 5.32 Å². The molecule has 3 aliphatic heterocycles. The number of nitrogens with one attached hydrogen (secondary N) is 1. The number of rotatable bonds is 5. The minimum Gasteiger partial charge on any atom is -0.475 e. The molecule has 4 fully saturated rings. The van der Waals surface area contributed by atoms with Crippen molar-refractivity contribution in [3.05, 3.63) is 35.4 Å². The van der Waals surface area contributed by atoms with Gasteiger partial charge in [0.15, 0.2) is 0 Å². The lowest BCUT2D eigenvalue weighted by Gasteiger charge is -2.43. The van der Waals surface area contributed by atoms with Gasteiger partial charge in [0.2, 0.25) is 11.8 Å². The summed E-state index contributed by atoms with van der Waals surface area (Å²) in [5.41, 5.74) is 2.01. The Hall–Kier alpha value is -2.62. The minimum absolute atomic E-state index is 0.108. The number of carbonyl (C=O) groups excluding carboxylic acids is 2. The molecule has 1 saturated carbocycles. The molecule has 4 aliphatic rings. The molecule has 7 nitrogen and oxygen atoms in total. The molecule has 3 atom stereocenters. The lowest BCUT2D eigenvalue weighted by Crippen LogP contribution is -2.57. The van der Waals surface area contributed by atoms with Crippen molar-refractivity contribution >= 4 is 17.8 Å². The average molecular weight is 538 g/mol. The van der Waals surface area contributed by atoms with Crippen LogP contribution in [0.5, 0.6) is 0 Å². The van der Waals surface area contributed by atoms with Crippen LogP contribution in [-0.2, 0) is 19.8 Å². The van der Waals surface area contributed by atoms with Crippen molar-refractivity contribution in [3.63, 3.8) is 0 Å². The first-order valence-corrected chi connectivity index (χ1v) is 13.5. The number of aliphatic carboxylic acids is 1. The van der Waals surface area contributed by atoms with Crippen molar-refractivity contribution in [2.45, 2.75) is 70.0 Å². The van der Waals surface area contributed by atoms with E-state index < -0.39 is 12.1 Å². The second kappa shape index (κ2) is 10.5. The van der Waals surface area contributed by atoms with Crippen LogP contribution in [0.4, 0.5) is 13.2 Å². The number of fused-ring (bicyclic) bond motifs is 2. The average Bonchev–Trinajstić information content (AvgIpc) is 3.50. The Bertz CT molecular complexity index is 1050. The van der Waals surface area contributed by atoms with Gasteiger partial charge in [-0.25, -0.2) is 4.79 Å². The second-order valence-corrected chi connectivity index (χ2v) is 11.6. The topological polar surface area (TPSA) is 90.0 Å². The van der Waals surface area contributed by atoms with E-state index in [2.05, 4.69) is 60.2 Å². The molecule has 1 spiro atoms. The number of carbonyl (C=O) groups is 3. The van der Waals surface area contributed by atoms with Crippen molar-refractivity contribution in [2.75, 3.05) is 32.7 Å². The number of piperidine rings is 1. The number of halogens is 3. The van der Waals surface area contributed by atoms with Crippen LogP contribution in [0.25, 0.3) is 0 Å². The highest BCUT2D eigenvalue weighted by atomic mass is 19.4. The van der Waals surface area contributed by atoms with E-state index in [1.165, 1.54) is 17.5 Å². The normalized spacial score (nSPS) is 26.3. The van der Waals surface area contributed by atoms with Gasteiger partial charge in [0.05, 0.1) is 11.3 Å². The number of hydrogen-bond donors (Lipinski definition) is 2. The maximum atomic E-state index is 13.5. The second-order valence-electron chi connectivity index (χ2n) is 11.6. The summed E-state index contributed by atoms with van der Waals surface area (Å²) in [4.78, 5) is 39.8. The molecule has 210 valence electrons. The van der Waals surface area contributed by atoms with E-state index in [9.17, 15) is 22.8 Å². The lowest BCUT2D eigenvalue weighted by molar-refractivity contribution is -0.192. The smallest absolute Gasteiger partial charge is 0.475 e. The fraction of sp³-hybridized carbons (Fsp3) is 0.679. The number of alkyl halides is 3. The predicted octanol–water partition coefficient (Wildman–Crippen LogP) is 3.75. The highest BCUT2D eigenvalue weighted by Crippen LogP contribution is 2.51. The van der Waals surface area contributed by atoms with Crippen LogP contribution in [0.2, 0.25) is 0 Å². The van der Waals surface area contributed by atoms with E-state index in [1.54, 1.807) is 0 Å². The molecule has 3 saturated heterocycles. The van der Waals surface area contributed by atoms with E-state index in [4.69, 9.17) is 9.90 Å². The van der Waals surface area contributed by atoms with Gasteiger partial charge < -0.3 is 20.2 Å². The Labute approximate surface area is 221 Å². The van der Waals surface area contributed by atoms with Gasteiger partial charge >= 0.3 is 12.1 Å². The summed E-state index contributed by atoms with van der Waals surface area (Å²) in [6.45, 7) is 11.2. The Kier molecular flexibility index (Phi) is 7.85. The molecule has 38 heavy (non-hydrogen) atoms. The minimum atomic E-state index is -5.08. The maximum absolute atomic E-state index is 13.5. The van der Waals surface area contributed by atoms with Crippen LogP contribution in [0, 0.1) is 24.7 Å². The Balaban J connectivity index is 0.000000426. The van der Waals surface area contributed by atoms with Gasteiger partial charge in [0, 0.05) is 44.2 Å². The molecule has 1 aromatic rings. The summed E-state index contributed by atoms with van der Waals surface area (Å²) >= 11 is 0. The van der Waals surface area contributed by atoms with Gasteiger partial charge in [-0.15, -0.1) is 0 Å². The fourth-order valence-electron chi connectivity index (χ4n) is 6.39. The van der Waals surface area contributed by atoms with Crippen LogP contribution in [0.3, 0.4) is 0 Å². The zero-order valence-corrected chi connectivity index (χ0v) is 22.3. The maximum Gasteiger partial charge on any atom is 0.490 e. The Morgan fingerprint density at radius 1 is 1.11 bits per heavy atom. The number of aryl methyl sites for hydroxylation is 1. The zero-order valence-electron chi connectivity index (χ0n) is 22.3. The molecular formula is C28H38F3N3O4. The Morgan fingerprint density at radius 3 is 2.18 bits per heavy atom. The number of carboxylic acids is 1. The Morgan fingerprint density at radius 2 is 1.68 bits per heavy atom. The molecule has 2 N–H and O–H groups in total. The molecule has 0 radical (unpaired) electrons. The first kappa shape index (κ1) is 28.4. The van der Waals surface area contributed by atoms with Gasteiger partial charge in [-0.3, -0.25) is 9.59 Å². The molecule has 1 unspecified atom stereocenters. The van der Waals surface area contributed by atoms with Gasteiger partial charge in [0.25, 0.3) is 0 Å². The van der Waals surface area contributed by atoms with E-state index in [-0.39, 0.29) is 22.8 Å².